The van der Waals surface area contributed by atoms with E-state index < -0.39 is 0 Å². The fraction of sp³-hybridized carbons (Fsp3) is 0.400. The lowest BCUT2D eigenvalue weighted by molar-refractivity contribution is 0.184. The Hall–Kier alpha value is -2.83. The van der Waals surface area contributed by atoms with Crippen LogP contribution in [0.25, 0.3) is 11.1 Å². The zero-order valence-electron chi connectivity index (χ0n) is 18.5. The average molecular weight is 419 g/mol. The molecule has 1 atom stereocenters. The van der Waals surface area contributed by atoms with Crippen molar-refractivity contribution < 1.29 is 9.47 Å². The van der Waals surface area contributed by atoms with E-state index in [1.54, 1.807) is 13.4 Å². The molecular weight excluding hydrogens is 388 g/mol. The summed E-state index contributed by atoms with van der Waals surface area (Å²) < 4.78 is 11.3. The van der Waals surface area contributed by atoms with E-state index in [1.807, 2.05) is 19.3 Å². The number of hydrogen-bond donors (Lipinski definition) is 0. The molecule has 0 bridgehead atoms. The summed E-state index contributed by atoms with van der Waals surface area (Å²) in [5.74, 6) is 0.951. The molecule has 4 rings (SSSR count). The Morgan fingerprint density at radius 2 is 1.94 bits per heavy atom. The van der Waals surface area contributed by atoms with Gasteiger partial charge in [-0.1, -0.05) is 6.07 Å². The minimum absolute atomic E-state index is 0.281. The molecule has 0 radical (unpaired) electrons. The first kappa shape index (κ1) is 21.4. The highest BCUT2D eigenvalue weighted by molar-refractivity contribution is 5.62. The molecule has 3 heterocycles. The molecule has 3 aromatic rings. The smallest absolute Gasteiger partial charge is 0.123 e. The monoisotopic (exact) mass is 418 g/mol. The Morgan fingerprint density at radius 3 is 2.71 bits per heavy atom. The van der Waals surface area contributed by atoms with Crippen LogP contribution in [-0.2, 0) is 17.9 Å². The van der Waals surface area contributed by atoms with E-state index in [0.29, 0.717) is 13.2 Å². The maximum absolute atomic E-state index is 5.92. The SMILES string of the molecule is CCOc1ccc(COC)cc1CN1CCCC1c1cc(-c2cncnc2)cc(C)n1. The van der Waals surface area contributed by atoms with Gasteiger partial charge >= 0.3 is 0 Å². The third kappa shape index (κ3) is 5.09. The molecule has 162 valence electrons. The number of ether oxygens (including phenoxy) is 2. The number of hydrogen-bond acceptors (Lipinski definition) is 6. The number of nitrogens with zero attached hydrogens (tertiary/aromatic N) is 4. The number of benzene rings is 1. The minimum Gasteiger partial charge on any atom is -0.494 e. The second-order valence-corrected chi connectivity index (χ2v) is 7.99. The van der Waals surface area contributed by atoms with Gasteiger partial charge in [-0.05, 0) is 68.6 Å². The van der Waals surface area contributed by atoms with Crippen molar-refractivity contribution in [1.29, 1.82) is 0 Å². The summed E-state index contributed by atoms with van der Waals surface area (Å²) >= 11 is 0. The van der Waals surface area contributed by atoms with Crippen LogP contribution in [0.15, 0.2) is 49.1 Å². The zero-order chi connectivity index (χ0) is 21.6. The summed E-state index contributed by atoms with van der Waals surface area (Å²) in [4.78, 5) is 15.8. The van der Waals surface area contributed by atoms with Crippen molar-refractivity contribution in [2.24, 2.45) is 0 Å². The fourth-order valence-electron chi connectivity index (χ4n) is 4.36. The third-order valence-electron chi connectivity index (χ3n) is 5.68. The van der Waals surface area contributed by atoms with Crippen molar-refractivity contribution in [3.8, 4) is 16.9 Å². The predicted octanol–water partition coefficient (Wildman–Crippen LogP) is 4.73. The fourth-order valence-corrected chi connectivity index (χ4v) is 4.36. The van der Waals surface area contributed by atoms with Gasteiger partial charge in [-0.25, -0.2) is 9.97 Å². The molecule has 0 spiro atoms. The Bertz CT molecular complexity index is 1010. The molecule has 1 aliphatic rings. The topological polar surface area (TPSA) is 60.4 Å². The van der Waals surface area contributed by atoms with E-state index in [9.17, 15) is 0 Å². The predicted molar refractivity (Wildman–Crippen MR) is 121 cm³/mol. The summed E-state index contributed by atoms with van der Waals surface area (Å²) in [6, 6.07) is 10.9. The minimum atomic E-state index is 0.281. The maximum atomic E-state index is 5.92. The van der Waals surface area contributed by atoms with Crippen LogP contribution < -0.4 is 4.74 Å². The molecule has 0 N–H and O–H groups in total. The number of likely N-dealkylation sites (tertiary alicyclic amines) is 1. The van der Waals surface area contributed by atoms with Crippen molar-refractivity contribution in [2.75, 3.05) is 20.3 Å². The second-order valence-electron chi connectivity index (χ2n) is 7.99. The number of aromatic nitrogens is 3. The summed E-state index contributed by atoms with van der Waals surface area (Å²) in [5.41, 5.74) is 6.63. The normalized spacial score (nSPS) is 16.5. The van der Waals surface area contributed by atoms with Gasteiger partial charge in [-0.15, -0.1) is 0 Å². The van der Waals surface area contributed by atoms with Crippen molar-refractivity contribution in [3.05, 3.63) is 71.6 Å². The van der Waals surface area contributed by atoms with Crippen LogP contribution in [0.4, 0.5) is 0 Å². The first-order valence-corrected chi connectivity index (χ1v) is 10.9. The third-order valence-corrected chi connectivity index (χ3v) is 5.68. The summed E-state index contributed by atoms with van der Waals surface area (Å²) in [5, 5.41) is 0. The van der Waals surface area contributed by atoms with Gasteiger partial charge in [0.2, 0.25) is 0 Å². The van der Waals surface area contributed by atoms with E-state index in [4.69, 9.17) is 14.5 Å². The van der Waals surface area contributed by atoms with Gasteiger partial charge < -0.3 is 9.47 Å². The van der Waals surface area contributed by atoms with E-state index in [1.165, 1.54) is 5.56 Å². The van der Waals surface area contributed by atoms with Crippen LogP contribution in [-0.4, -0.2) is 40.1 Å². The highest BCUT2D eigenvalue weighted by Gasteiger charge is 2.28. The first-order chi connectivity index (χ1) is 15.2. The van der Waals surface area contributed by atoms with Crippen LogP contribution in [0.2, 0.25) is 0 Å². The molecule has 1 unspecified atom stereocenters. The van der Waals surface area contributed by atoms with Crippen molar-refractivity contribution >= 4 is 0 Å². The highest BCUT2D eigenvalue weighted by Crippen LogP contribution is 2.35. The van der Waals surface area contributed by atoms with E-state index in [0.717, 1.165) is 59.8 Å². The molecule has 2 aromatic heterocycles. The molecular formula is C25H30N4O2. The zero-order valence-corrected chi connectivity index (χ0v) is 18.5. The number of methoxy groups -OCH3 is 1. The average Bonchev–Trinajstić information content (AvgIpc) is 3.24. The Morgan fingerprint density at radius 1 is 1.10 bits per heavy atom. The first-order valence-electron chi connectivity index (χ1n) is 10.9. The van der Waals surface area contributed by atoms with Gasteiger partial charge in [-0.2, -0.15) is 0 Å². The van der Waals surface area contributed by atoms with Gasteiger partial charge in [0.25, 0.3) is 0 Å². The quantitative estimate of drug-likeness (QED) is 0.527. The van der Waals surface area contributed by atoms with Crippen LogP contribution in [0.3, 0.4) is 0 Å². The van der Waals surface area contributed by atoms with Crippen molar-refractivity contribution in [1.82, 2.24) is 19.9 Å². The lowest BCUT2D eigenvalue weighted by Crippen LogP contribution is -2.24. The van der Waals surface area contributed by atoms with Crippen molar-refractivity contribution in [2.45, 2.75) is 45.9 Å². The molecule has 1 aliphatic heterocycles. The van der Waals surface area contributed by atoms with Crippen LogP contribution in [0, 0.1) is 6.92 Å². The number of aryl methyl sites for hydroxylation is 1. The van der Waals surface area contributed by atoms with Gasteiger partial charge in [0.05, 0.1) is 24.9 Å². The largest absolute Gasteiger partial charge is 0.494 e. The summed E-state index contributed by atoms with van der Waals surface area (Å²) in [6.45, 7) is 7.21. The lowest BCUT2D eigenvalue weighted by atomic mass is 10.0. The molecule has 0 amide bonds. The summed E-state index contributed by atoms with van der Waals surface area (Å²) in [6.07, 6.45) is 7.53. The van der Waals surface area contributed by atoms with Gasteiger partial charge in [0.1, 0.15) is 12.1 Å². The molecule has 1 fully saturated rings. The molecule has 1 aromatic carbocycles. The van der Waals surface area contributed by atoms with E-state index in [2.05, 4.69) is 52.1 Å². The van der Waals surface area contributed by atoms with Crippen LogP contribution >= 0.6 is 0 Å². The van der Waals surface area contributed by atoms with Gasteiger partial charge in [0.15, 0.2) is 0 Å². The molecule has 6 heteroatoms. The van der Waals surface area contributed by atoms with Gasteiger partial charge in [0, 0.05) is 42.9 Å². The van der Waals surface area contributed by atoms with E-state index >= 15 is 0 Å². The summed E-state index contributed by atoms with van der Waals surface area (Å²) in [7, 11) is 1.73. The Balaban J connectivity index is 1.62. The number of rotatable bonds is 8. The standard InChI is InChI=1S/C25H30N4O2/c1-4-31-25-8-7-19(16-30-3)11-21(25)15-29-9-5-6-24(29)23-12-20(10-18(2)28-23)22-13-26-17-27-14-22/h7-8,10-14,17,24H,4-6,9,15-16H2,1-3H3. The van der Waals surface area contributed by atoms with Gasteiger partial charge in [-0.3, -0.25) is 9.88 Å². The molecule has 0 saturated carbocycles. The van der Waals surface area contributed by atoms with Crippen LogP contribution in [0.5, 0.6) is 5.75 Å². The Kier molecular flexibility index (Phi) is 6.89. The maximum Gasteiger partial charge on any atom is 0.123 e. The highest BCUT2D eigenvalue weighted by atomic mass is 16.5. The molecule has 0 aliphatic carbocycles. The molecule has 1 saturated heterocycles. The molecule has 6 nitrogen and oxygen atoms in total. The Labute approximate surface area is 184 Å². The number of pyridine rings is 1. The second kappa shape index (κ2) is 9.98. The van der Waals surface area contributed by atoms with Crippen molar-refractivity contribution in [3.63, 3.8) is 0 Å². The van der Waals surface area contributed by atoms with Crippen LogP contribution in [0.1, 0.15) is 48.3 Å². The lowest BCUT2D eigenvalue weighted by Gasteiger charge is -2.26. The molecule has 31 heavy (non-hydrogen) atoms. The van der Waals surface area contributed by atoms with E-state index in [-0.39, 0.29) is 6.04 Å².